The molecule has 2 amide bonds. The van der Waals surface area contributed by atoms with E-state index in [4.69, 9.17) is 9.15 Å². The molecule has 0 saturated heterocycles. The summed E-state index contributed by atoms with van der Waals surface area (Å²) in [6.07, 6.45) is 2.67. The molecule has 1 heterocycles. The van der Waals surface area contributed by atoms with Crippen LogP contribution in [0.4, 0.5) is 5.69 Å². The number of amides is 2. The fraction of sp³-hybridized carbons (Fsp3) is 0.217. The number of hydrogen-bond donors (Lipinski definition) is 2. The van der Waals surface area contributed by atoms with E-state index in [1.807, 2.05) is 0 Å². The van der Waals surface area contributed by atoms with Crippen LogP contribution >= 0.6 is 0 Å². The summed E-state index contributed by atoms with van der Waals surface area (Å²) in [5.74, 6) is 0.299. The number of rotatable bonds is 10. The van der Waals surface area contributed by atoms with Gasteiger partial charge in [-0.25, -0.2) is 12.7 Å². The van der Waals surface area contributed by atoms with Crippen LogP contribution < -0.4 is 15.4 Å². The Morgan fingerprint density at radius 1 is 1.03 bits per heavy atom. The van der Waals surface area contributed by atoms with Crippen molar-refractivity contribution in [1.29, 1.82) is 0 Å². The van der Waals surface area contributed by atoms with Crippen molar-refractivity contribution in [2.45, 2.75) is 13.1 Å². The van der Waals surface area contributed by atoms with Crippen LogP contribution in [0.25, 0.3) is 0 Å². The van der Waals surface area contributed by atoms with Crippen LogP contribution in [-0.4, -0.2) is 44.4 Å². The zero-order valence-electron chi connectivity index (χ0n) is 18.3. The number of carbonyl (C=O) groups is 2. The Morgan fingerprint density at radius 3 is 2.42 bits per heavy atom. The van der Waals surface area contributed by atoms with Crippen LogP contribution in [0.15, 0.2) is 71.3 Å². The smallest absolute Gasteiger partial charge is 0.262 e. The second kappa shape index (κ2) is 10.8. The lowest BCUT2D eigenvalue weighted by molar-refractivity contribution is -0.118. The maximum Gasteiger partial charge on any atom is 0.262 e. The Bertz CT molecular complexity index is 1190. The number of carbonyl (C=O) groups excluding carboxylic acids is 2. The van der Waals surface area contributed by atoms with Gasteiger partial charge in [-0.1, -0.05) is 24.3 Å². The van der Waals surface area contributed by atoms with E-state index in [-0.39, 0.29) is 25.6 Å². The summed E-state index contributed by atoms with van der Waals surface area (Å²) in [7, 11) is -1.77. The van der Waals surface area contributed by atoms with Gasteiger partial charge in [-0.2, -0.15) is 0 Å². The molecule has 2 N–H and O–H groups in total. The molecule has 0 spiro atoms. The first-order valence-electron chi connectivity index (χ1n) is 10.0. The van der Waals surface area contributed by atoms with Crippen LogP contribution in [0, 0.1) is 0 Å². The number of nitrogens with zero attached hydrogens (tertiary/aromatic N) is 1. The van der Waals surface area contributed by atoms with Crippen LogP contribution in [0.5, 0.6) is 5.75 Å². The molecule has 0 unspecified atom stereocenters. The van der Waals surface area contributed by atoms with E-state index in [0.717, 1.165) is 11.8 Å². The highest BCUT2D eigenvalue weighted by atomic mass is 32.2. The van der Waals surface area contributed by atoms with E-state index < -0.39 is 15.9 Å². The third kappa shape index (κ3) is 7.19. The molecular weight excluding hydrogens is 446 g/mol. The minimum Gasteiger partial charge on any atom is -0.484 e. The molecule has 174 valence electrons. The minimum absolute atomic E-state index is 0.229. The summed E-state index contributed by atoms with van der Waals surface area (Å²) in [5.41, 5.74) is 1.47. The van der Waals surface area contributed by atoms with E-state index in [9.17, 15) is 18.0 Å². The monoisotopic (exact) mass is 471 g/mol. The van der Waals surface area contributed by atoms with Gasteiger partial charge in [-0.3, -0.25) is 9.59 Å². The van der Waals surface area contributed by atoms with Crippen LogP contribution in [0.2, 0.25) is 0 Å². The molecule has 1 aromatic heterocycles. The SMILES string of the molecule is CN(Cc1ccc(OCC(=O)Nc2ccccc2C(=O)NCc2ccco2)cc1)S(C)(=O)=O. The van der Waals surface area contributed by atoms with Crippen molar-refractivity contribution in [2.24, 2.45) is 0 Å². The van der Waals surface area contributed by atoms with Gasteiger partial charge in [0.2, 0.25) is 10.0 Å². The van der Waals surface area contributed by atoms with Gasteiger partial charge in [0.1, 0.15) is 11.5 Å². The van der Waals surface area contributed by atoms with Gasteiger partial charge in [-0.15, -0.1) is 0 Å². The van der Waals surface area contributed by atoms with Crippen LogP contribution in [-0.2, 0) is 27.9 Å². The fourth-order valence-corrected chi connectivity index (χ4v) is 3.25. The summed E-state index contributed by atoms with van der Waals surface area (Å²) in [5, 5.41) is 5.43. The van der Waals surface area contributed by atoms with Crippen molar-refractivity contribution >= 4 is 27.5 Å². The van der Waals surface area contributed by atoms with Gasteiger partial charge >= 0.3 is 0 Å². The Hall–Kier alpha value is -3.63. The van der Waals surface area contributed by atoms with Gasteiger partial charge in [0, 0.05) is 13.6 Å². The predicted molar refractivity (Wildman–Crippen MR) is 123 cm³/mol. The standard InChI is InChI=1S/C23H25N3O6S/c1-26(33(2,29)30)15-17-9-11-18(12-10-17)32-16-22(27)25-21-8-4-3-7-20(21)23(28)24-14-19-6-5-13-31-19/h3-13H,14-16H2,1-2H3,(H,24,28)(H,25,27). The first-order valence-corrected chi connectivity index (χ1v) is 11.9. The van der Waals surface area contributed by atoms with Gasteiger partial charge < -0.3 is 19.8 Å². The molecule has 0 fully saturated rings. The Kier molecular flexibility index (Phi) is 7.86. The first-order chi connectivity index (χ1) is 15.7. The fourth-order valence-electron chi connectivity index (χ4n) is 2.87. The molecule has 33 heavy (non-hydrogen) atoms. The highest BCUT2D eigenvalue weighted by Crippen LogP contribution is 2.17. The molecule has 3 aromatic rings. The number of nitrogens with one attached hydrogen (secondary N) is 2. The average Bonchev–Trinajstić information content (AvgIpc) is 3.30. The summed E-state index contributed by atoms with van der Waals surface area (Å²) >= 11 is 0. The van der Waals surface area contributed by atoms with Gasteiger partial charge in [-0.05, 0) is 42.0 Å². The summed E-state index contributed by atoms with van der Waals surface area (Å²) < 4.78 is 35.0. The number of anilines is 1. The molecule has 0 aliphatic carbocycles. The molecule has 0 atom stereocenters. The van der Waals surface area contributed by atoms with Gasteiger partial charge in [0.15, 0.2) is 6.61 Å². The van der Waals surface area contributed by atoms with E-state index in [1.165, 1.54) is 17.6 Å². The highest BCUT2D eigenvalue weighted by Gasteiger charge is 2.14. The van der Waals surface area contributed by atoms with Crippen molar-refractivity contribution < 1.29 is 27.2 Å². The predicted octanol–water partition coefficient (Wildman–Crippen LogP) is 2.62. The van der Waals surface area contributed by atoms with Crippen molar-refractivity contribution in [2.75, 3.05) is 25.2 Å². The summed E-state index contributed by atoms with van der Waals surface area (Å²) in [6.45, 7) is 0.205. The Balaban J connectivity index is 1.53. The van der Waals surface area contributed by atoms with Gasteiger partial charge in [0.05, 0.1) is 30.3 Å². The zero-order valence-corrected chi connectivity index (χ0v) is 19.1. The normalized spacial score (nSPS) is 11.2. The third-order valence-electron chi connectivity index (χ3n) is 4.71. The molecule has 0 aliphatic heterocycles. The molecule has 0 saturated carbocycles. The van der Waals surface area contributed by atoms with Crippen LogP contribution in [0.3, 0.4) is 0 Å². The lowest BCUT2D eigenvalue weighted by Crippen LogP contribution is -2.26. The topological polar surface area (TPSA) is 118 Å². The van der Waals surface area contributed by atoms with Crippen molar-refractivity contribution in [3.05, 3.63) is 83.8 Å². The maximum absolute atomic E-state index is 12.5. The highest BCUT2D eigenvalue weighted by molar-refractivity contribution is 7.88. The summed E-state index contributed by atoms with van der Waals surface area (Å²) in [6, 6.07) is 16.9. The summed E-state index contributed by atoms with van der Waals surface area (Å²) in [4.78, 5) is 24.9. The second-order valence-corrected chi connectivity index (χ2v) is 9.40. The van der Waals surface area contributed by atoms with E-state index in [2.05, 4.69) is 10.6 Å². The first kappa shape index (κ1) is 24.0. The van der Waals surface area contributed by atoms with Gasteiger partial charge in [0.25, 0.3) is 11.8 Å². The molecule has 10 heteroatoms. The van der Waals surface area contributed by atoms with Crippen molar-refractivity contribution in [1.82, 2.24) is 9.62 Å². The molecule has 2 aromatic carbocycles. The maximum atomic E-state index is 12.5. The Labute approximate surface area is 192 Å². The quantitative estimate of drug-likeness (QED) is 0.469. The second-order valence-electron chi connectivity index (χ2n) is 7.31. The number of para-hydroxylation sites is 1. The number of benzene rings is 2. The van der Waals surface area contributed by atoms with Crippen LogP contribution in [0.1, 0.15) is 21.7 Å². The number of sulfonamides is 1. The average molecular weight is 472 g/mol. The molecule has 0 bridgehead atoms. The number of furan rings is 1. The lowest BCUT2D eigenvalue weighted by atomic mass is 10.1. The van der Waals surface area contributed by atoms with E-state index in [1.54, 1.807) is 60.7 Å². The molecule has 0 aliphatic rings. The van der Waals surface area contributed by atoms with Crippen molar-refractivity contribution in [3.63, 3.8) is 0 Å². The molecule has 0 radical (unpaired) electrons. The molecule has 9 nitrogen and oxygen atoms in total. The number of hydrogen-bond acceptors (Lipinski definition) is 6. The lowest BCUT2D eigenvalue weighted by Gasteiger charge is -2.14. The third-order valence-corrected chi connectivity index (χ3v) is 5.98. The van der Waals surface area contributed by atoms with Crippen molar-refractivity contribution in [3.8, 4) is 5.75 Å². The van der Waals surface area contributed by atoms with E-state index in [0.29, 0.717) is 22.8 Å². The number of ether oxygens (including phenoxy) is 1. The largest absolute Gasteiger partial charge is 0.484 e. The molecular formula is C23H25N3O6S. The van der Waals surface area contributed by atoms with E-state index >= 15 is 0 Å². The Morgan fingerprint density at radius 2 is 1.76 bits per heavy atom. The zero-order chi connectivity index (χ0) is 23.8. The molecule has 3 rings (SSSR count). The minimum atomic E-state index is -3.27.